The first-order valence-corrected chi connectivity index (χ1v) is 6.89. The van der Waals surface area contributed by atoms with Gasteiger partial charge in [0.1, 0.15) is 11.4 Å². The molecule has 2 aromatic rings. The highest BCUT2D eigenvalue weighted by molar-refractivity contribution is 5.95. The molecule has 1 saturated heterocycles. The van der Waals surface area contributed by atoms with Gasteiger partial charge in [-0.25, -0.2) is 9.48 Å². The number of rotatable bonds is 3. The molecule has 0 amide bonds. The van der Waals surface area contributed by atoms with Crippen LogP contribution in [0.25, 0.3) is 5.69 Å². The zero-order valence-electron chi connectivity index (χ0n) is 11.8. The van der Waals surface area contributed by atoms with E-state index in [0.717, 1.165) is 5.69 Å². The quantitative estimate of drug-likeness (QED) is 0.931. The summed E-state index contributed by atoms with van der Waals surface area (Å²) >= 11 is 0. The molecule has 0 saturated carbocycles. The molecule has 21 heavy (non-hydrogen) atoms. The Bertz CT molecular complexity index is 646. The van der Waals surface area contributed by atoms with Crippen molar-refractivity contribution >= 4 is 11.8 Å². The summed E-state index contributed by atoms with van der Waals surface area (Å²) in [6, 6.07) is 9.59. The van der Waals surface area contributed by atoms with Crippen LogP contribution in [0.2, 0.25) is 0 Å². The molecule has 1 aromatic heterocycles. The Morgan fingerprint density at radius 3 is 2.52 bits per heavy atom. The first kappa shape index (κ1) is 13.6. The highest BCUT2D eigenvalue weighted by Crippen LogP contribution is 2.28. The number of carboxylic acid groups (broad SMARTS) is 1. The summed E-state index contributed by atoms with van der Waals surface area (Å²) in [6.45, 7) is 4.25. The van der Waals surface area contributed by atoms with Crippen molar-refractivity contribution in [2.45, 2.75) is 6.92 Å². The normalized spacial score (nSPS) is 15.2. The first-order valence-electron chi connectivity index (χ1n) is 6.89. The van der Waals surface area contributed by atoms with Crippen LogP contribution in [0.1, 0.15) is 16.1 Å². The summed E-state index contributed by atoms with van der Waals surface area (Å²) in [5.41, 5.74) is 1.64. The van der Waals surface area contributed by atoms with Crippen molar-refractivity contribution in [3.63, 3.8) is 0 Å². The molecule has 3 rings (SSSR count). The lowest BCUT2D eigenvalue weighted by atomic mass is 10.2. The molecule has 0 atom stereocenters. The van der Waals surface area contributed by atoms with E-state index in [1.807, 2.05) is 35.2 Å². The Labute approximate surface area is 122 Å². The number of hydrogen-bond donors (Lipinski definition) is 1. The largest absolute Gasteiger partial charge is 0.477 e. The van der Waals surface area contributed by atoms with Crippen LogP contribution in [0.5, 0.6) is 0 Å². The predicted molar refractivity (Wildman–Crippen MR) is 78.3 cm³/mol. The third-order valence-electron chi connectivity index (χ3n) is 3.56. The molecule has 6 heteroatoms. The number of para-hydroxylation sites is 1. The minimum atomic E-state index is -0.948. The zero-order chi connectivity index (χ0) is 14.8. The Morgan fingerprint density at radius 1 is 1.24 bits per heavy atom. The van der Waals surface area contributed by atoms with E-state index in [2.05, 4.69) is 5.10 Å². The van der Waals surface area contributed by atoms with Gasteiger partial charge < -0.3 is 14.7 Å². The summed E-state index contributed by atoms with van der Waals surface area (Å²) in [4.78, 5) is 13.6. The number of nitrogens with zero attached hydrogens (tertiary/aromatic N) is 3. The SMILES string of the molecule is Cc1nn(-c2ccccc2)c(N2CCOCC2)c1C(=O)O. The lowest BCUT2D eigenvalue weighted by Crippen LogP contribution is -2.38. The van der Waals surface area contributed by atoms with Crippen molar-refractivity contribution in [1.82, 2.24) is 9.78 Å². The van der Waals surface area contributed by atoms with Crippen LogP contribution in [-0.4, -0.2) is 47.2 Å². The highest BCUT2D eigenvalue weighted by Gasteiger charge is 2.27. The van der Waals surface area contributed by atoms with Gasteiger partial charge in [-0.1, -0.05) is 18.2 Å². The molecule has 0 unspecified atom stereocenters. The maximum atomic E-state index is 11.6. The van der Waals surface area contributed by atoms with Crippen LogP contribution < -0.4 is 4.90 Å². The molecule has 0 spiro atoms. The van der Waals surface area contributed by atoms with Crippen molar-refractivity contribution in [2.75, 3.05) is 31.2 Å². The van der Waals surface area contributed by atoms with Gasteiger partial charge >= 0.3 is 5.97 Å². The van der Waals surface area contributed by atoms with E-state index in [0.29, 0.717) is 37.8 Å². The van der Waals surface area contributed by atoms with Crippen LogP contribution >= 0.6 is 0 Å². The molecule has 1 fully saturated rings. The zero-order valence-corrected chi connectivity index (χ0v) is 11.8. The minimum Gasteiger partial charge on any atom is -0.477 e. The number of hydrogen-bond acceptors (Lipinski definition) is 4. The summed E-state index contributed by atoms with van der Waals surface area (Å²) in [6.07, 6.45) is 0. The third kappa shape index (κ3) is 2.50. The van der Waals surface area contributed by atoms with E-state index in [1.54, 1.807) is 11.6 Å². The molecule has 0 bridgehead atoms. The Kier molecular flexibility index (Phi) is 3.62. The van der Waals surface area contributed by atoms with Gasteiger partial charge in [0.25, 0.3) is 0 Å². The second kappa shape index (κ2) is 5.57. The minimum absolute atomic E-state index is 0.265. The van der Waals surface area contributed by atoms with Gasteiger partial charge in [-0.2, -0.15) is 5.10 Å². The second-order valence-corrected chi connectivity index (χ2v) is 4.94. The monoisotopic (exact) mass is 287 g/mol. The van der Waals surface area contributed by atoms with Gasteiger partial charge in [0, 0.05) is 13.1 Å². The Hall–Kier alpha value is -2.34. The van der Waals surface area contributed by atoms with Gasteiger partial charge in [-0.05, 0) is 19.1 Å². The maximum absolute atomic E-state index is 11.6. The van der Waals surface area contributed by atoms with Crippen LogP contribution in [0, 0.1) is 6.92 Å². The standard InChI is InChI=1S/C15H17N3O3/c1-11-13(15(19)20)14(17-7-9-21-10-8-17)18(16-11)12-5-3-2-4-6-12/h2-6H,7-10H2,1H3,(H,19,20). The average Bonchev–Trinajstić information content (AvgIpc) is 2.86. The summed E-state index contributed by atoms with van der Waals surface area (Å²) < 4.78 is 7.07. The molecular weight excluding hydrogens is 270 g/mol. The maximum Gasteiger partial charge on any atom is 0.341 e. The molecule has 1 N–H and O–H groups in total. The summed E-state index contributed by atoms with van der Waals surface area (Å²) in [5, 5.41) is 14.0. The van der Waals surface area contributed by atoms with Crippen LogP contribution in [0.15, 0.2) is 30.3 Å². The molecule has 1 aliphatic rings. The molecule has 1 aromatic carbocycles. The number of aryl methyl sites for hydroxylation is 1. The number of carboxylic acids is 1. The number of ether oxygens (including phenoxy) is 1. The van der Waals surface area contributed by atoms with Crippen LogP contribution in [-0.2, 0) is 4.74 Å². The van der Waals surface area contributed by atoms with Crippen molar-refractivity contribution in [2.24, 2.45) is 0 Å². The molecule has 6 nitrogen and oxygen atoms in total. The lowest BCUT2D eigenvalue weighted by molar-refractivity contribution is 0.0695. The lowest BCUT2D eigenvalue weighted by Gasteiger charge is -2.29. The Morgan fingerprint density at radius 2 is 1.90 bits per heavy atom. The van der Waals surface area contributed by atoms with E-state index >= 15 is 0 Å². The second-order valence-electron chi connectivity index (χ2n) is 4.94. The molecule has 2 heterocycles. The van der Waals surface area contributed by atoms with E-state index in [-0.39, 0.29) is 5.56 Å². The number of aromatic carboxylic acids is 1. The summed E-state index contributed by atoms with van der Waals surface area (Å²) in [5.74, 6) is -0.314. The molecular formula is C15H17N3O3. The van der Waals surface area contributed by atoms with Crippen LogP contribution in [0.3, 0.4) is 0 Å². The van der Waals surface area contributed by atoms with Gasteiger partial charge in [0.05, 0.1) is 24.6 Å². The molecule has 0 aliphatic carbocycles. The predicted octanol–water partition coefficient (Wildman–Crippen LogP) is 1.72. The van der Waals surface area contributed by atoms with Gasteiger partial charge in [0.15, 0.2) is 0 Å². The number of aromatic nitrogens is 2. The highest BCUT2D eigenvalue weighted by atomic mass is 16.5. The molecule has 110 valence electrons. The van der Waals surface area contributed by atoms with Crippen LogP contribution in [0.4, 0.5) is 5.82 Å². The fourth-order valence-electron chi connectivity index (χ4n) is 2.58. The number of anilines is 1. The van der Waals surface area contributed by atoms with Crippen molar-refractivity contribution in [1.29, 1.82) is 0 Å². The fraction of sp³-hybridized carbons (Fsp3) is 0.333. The number of benzene rings is 1. The van der Waals surface area contributed by atoms with E-state index in [1.165, 1.54) is 0 Å². The van der Waals surface area contributed by atoms with Gasteiger partial charge in [-0.15, -0.1) is 0 Å². The fourth-order valence-corrected chi connectivity index (χ4v) is 2.58. The summed E-state index contributed by atoms with van der Waals surface area (Å²) in [7, 11) is 0. The topological polar surface area (TPSA) is 67.6 Å². The van der Waals surface area contributed by atoms with Crippen molar-refractivity contribution in [3.8, 4) is 5.69 Å². The Balaban J connectivity index is 2.15. The van der Waals surface area contributed by atoms with Gasteiger partial charge in [0.2, 0.25) is 0 Å². The van der Waals surface area contributed by atoms with Gasteiger partial charge in [-0.3, -0.25) is 0 Å². The molecule has 0 radical (unpaired) electrons. The smallest absolute Gasteiger partial charge is 0.341 e. The van der Waals surface area contributed by atoms with E-state index < -0.39 is 5.97 Å². The van der Waals surface area contributed by atoms with Crippen molar-refractivity contribution in [3.05, 3.63) is 41.6 Å². The molecule has 1 aliphatic heterocycles. The average molecular weight is 287 g/mol. The van der Waals surface area contributed by atoms with E-state index in [4.69, 9.17) is 4.74 Å². The first-order chi connectivity index (χ1) is 10.2. The number of morpholine rings is 1. The number of carbonyl (C=O) groups is 1. The van der Waals surface area contributed by atoms with Crippen molar-refractivity contribution < 1.29 is 14.6 Å². The van der Waals surface area contributed by atoms with E-state index in [9.17, 15) is 9.90 Å². The third-order valence-corrected chi connectivity index (χ3v) is 3.56.